The minimum absolute atomic E-state index is 0.0754. The predicted octanol–water partition coefficient (Wildman–Crippen LogP) is 3.92. The summed E-state index contributed by atoms with van der Waals surface area (Å²) < 4.78 is 29.5. The summed E-state index contributed by atoms with van der Waals surface area (Å²) in [7, 11) is -3.54. The van der Waals surface area contributed by atoms with E-state index in [1.54, 1.807) is 28.6 Å². The van der Waals surface area contributed by atoms with Crippen LogP contribution in [0.2, 0.25) is 5.02 Å². The molecule has 0 amide bonds. The van der Waals surface area contributed by atoms with E-state index < -0.39 is 10.0 Å². The van der Waals surface area contributed by atoms with E-state index in [1.165, 1.54) is 6.33 Å². The number of nitrogens with one attached hydrogen (secondary N) is 1. The second-order valence-corrected chi connectivity index (χ2v) is 11.4. The van der Waals surface area contributed by atoms with E-state index in [0.717, 1.165) is 24.3 Å². The van der Waals surface area contributed by atoms with Crippen LogP contribution in [0.15, 0.2) is 35.2 Å². The first-order valence-electron chi connectivity index (χ1n) is 11.4. The molecule has 1 N–H and O–H groups in total. The topological polar surface area (TPSA) is 98.3 Å². The van der Waals surface area contributed by atoms with Gasteiger partial charge in [-0.15, -0.1) is 0 Å². The van der Waals surface area contributed by atoms with Gasteiger partial charge in [0, 0.05) is 30.7 Å². The van der Waals surface area contributed by atoms with Crippen molar-refractivity contribution in [2.75, 3.05) is 47.7 Å². The monoisotopic (exact) mass is 569 g/mol. The van der Waals surface area contributed by atoms with Crippen LogP contribution in [0.1, 0.15) is 26.7 Å². The highest BCUT2D eigenvalue weighted by Crippen LogP contribution is 2.33. The first-order valence-corrected chi connectivity index (χ1v) is 14.2. The number of fused-ring (bicyclic) bond motifs is 1. The number of sulfonamides is 1. The van der Waals surface area contributed by atoms with Crippen molar-refractivity contribution < 1.29 is 8.42 Å². The molecule has 2 aromatic heterocycles. The molecule has 1 aliphatic heterocycles. The molecule has 0 atom stereocenters. The molecule has 1 saturated heterocycles. The Morgan fingerprint density at radius 2 is 1.82 bits per heavy atom. The molecule has 0 bridgehead atoms. The largest absolute Gasteiger partial charge is 0.356 e. The van der Waals surface area contributed by atoms with Gasteiger partial charge in [-0.05, 0) is 66.1 Å². The van der Waals surface area contributed by atoms with Crippen LogP contribution in [0.5, 0.6) is 0 Å². The molecule has 34 heavy (non-hydrogen) atoms. The predicted molar refractivity (Wildman–Crippen MR) is 140 cm³/mol. The molecule has 184 valence electrons. The van der Waals surface area contributed by atoms with Crippen LogP contribution in [0.4, 0.5) is 11.5 Å². The minimum atomic E-state index is -3.54. The number of hydrogen-bond acceptors (Lipinski definition) is 7. The molecule has 0 radical (unpaired) electrons. The van der Waals surface area contributed by atoms with Crippen molar-refractivity contribution >= 4 is 60.1 Å². The van der Waals surface area contributed by atoms with Crippen LogP contribution in [0.25, 0.3) is 11.0 Å². The number of piperidine rings is 1. The quantitative estimate of drug-likeness (QED) is 0.416. The molecule has 3 aromatic rings. The molecule has 3 heterocycles. The molecule has 1 aromatic carbocycles. The third-order valence-electron chi connectivity index (χ3n) is 6.33. The van der Waals surface area contributed by atoms with Gasteiger partial charge in [-0.1, -0.05) is 25.4 Å². The maximum atomic E-state index is 13.6. The standard InChI is InChI=1S/C22H29BrClN7O2S/c1-3-29(4-2)13-14-34(32,33)31(17-7-5-16(24)6-8-17)18-9-11-30(12-10-18)22-19-20(23)27-28-21(19)25-15-26-22/h5-8,15,18H,3-4,9-14H2,1-2H3,(H,25,26,27,28). The summed E-state index contributed by atoms with van der Waals surface area (Å²) >= 11 is 9.56. The molecule has 1 aliphatic rings. The lowest BCUT2D eigenvalue weighted by atomic mass is 10.0. The zero-order chi connectivity index (χ0) is 24.3. The second kappa shape index (κ2) is 10.8. The molecule has 12 heteroatoms. The van der Waals surface area contributed by atoms with E-state index in [-0.39, 0.29) is 11.8 Å². The van der Waals surface area contributed by atoms with Crippen molar-refractivity contribution in [3.63, 3.8) is 0 Å². The van der Waals surface area contributed by atoms with Crippen LogP contribution in [0.3, 0.4) is 0 Å². The maximum absolute atomic E-state index is 13.6. The fourth-order valence-corrected chi connectivity index (χ4v) is 6.80. The van der Waals surface area contributed by atoms with Crippen LogP contribution < -0.4 is 9.21 Å². The molecule has 1 fully saturated rings. The Kier molecular flexibility index (Phi) is 7.96. The van der Waals surface area contributed by atoms with Crippen molar-refractivity contribution in [3.8, 4) is 0 Å². The fraction of sp³-hybridized carbons (Fsp3) is 0.500. The minimum Gasteiger partial charge on any atom is -0.356 e. The SMILES string of the molecule is CCN(CC)CCS(=O)(=O)N(c1ccc(Cl)cc1)C1CCN(c2ncnc3[nH]nc(Br)c23)CC1. The number of H-pyrrole nitrogens is 1. The first kappa shape index (κ1) is 25.2. The summed E-state index contributed by atoms with van der Waals surface area (Å²) in [4.78, 5) is 13.0. The lowest BCUT2D eigenvalue weighted by molar-refractivity contribution is 0.321. The van der Waals surface area contributed by atoms with Gasteiger partial charge in [0.25, 0.3) is 0 Å². The number of halogens is 2. The number of anilines is 2. The fourth-order valence-electron chi connectivity index (χ4n) is 4.43. The number of aromatic amines is 1. The van der Waals surface area contributed by atoms with Gasteiger partial charge < -0.3 is 9.80 Å². The molecule has 4 rings (SSSR count). The summed E-state index contributed by atoms with van der Waals surface area (Å²) in [6, 6.07) is 6.92. The Bertz CT molecular complexity index is 1210. The summed E-state index contributed by atoms with van der Waals surface area (Å²) in [6.07, 6.45) is 2.87. The van der Waals surface area contributed by atoms with Crippen molar-refractivity contribution in [1.82, 2.24) is 25.1 Å². The number of benzene rings is 1. The second-order valence-electron chi connectivity index (χ2n) is 8.27. The summed E-state index contributed by atoms with van der Waals surface area (Å²) in [5.41, 5.74) is 1.32. The van der Waals surface area contributed by atoms with Gasteiger partial charge >= 0.3 is 0 Å². The van der Waals surface area contributed by atoms with Crippen molar-refractivity contribution in [3.05, 3.63) is 40.2 Å². The average Bonchev–Trinajstić information content (AvgIpc) is 3.22. The zero-order valence-electron chi connectivity index (χ0n) is 19.3. The maximum Gasteiger partial charge on any atom is 0.236 e. The van der Waals surface area contributed by atoms with E-state index >= 15 is 0 Å². The summed E-state index contributed by atoms with van der Waals surface area (Å²) in [6.45, 7) is 7.58. The van der Waals surface area contributed by atoms with Crippen LogP contribution in [-0.2, 0) is 10.0 Å². The van der Waals surface area contributed by atoms with E-state index in [4.69, 9.17) is 11.6 Å². The lowest BCUT2D eigenvalue weighted by Crippen LogP contribution is -2.49. The van der Waals surface area contributed by atoms with Gasteiger partial charge in [-0.25, -0.2) is 18.4 Å². The van der Waals surface area contributed by atoms with Crippen molar-refractivity contribution in [1.29, 1.82) is 0 Å². The smallest absolute Gasteiger partial charge is 0.236 e. The Balaban J connectivity index is 1.57. The number of hydrogen-bond donors (Lipinski definition) is 1. The van der Waals surface area contributed by atoms with Gasteiger partial charge in [0.1, 0.15) is 16.7 Å². The number of nitrogens with zero attached hydrogens (tertiary/aromatic N) is 6. The van der Waals surface area contributed by atoms with Gasteiger partial charge in [0.2, 0.25) is 10.0 Å². The Hall–Kier alpha value is -1.95. The summed E-state index contributed by atoms with van der Waals surface area (Å²) in [5.74, 6) is 0.873. The summed E-state index contributed by atoms with van der Waals surface area (Å²) in [5, 5.41) is 8.49. The zero-order valence-corrected chi connectivity index (χ0v) is 22.4. The molecule has 0 spiro atoms. The van der Waals surface area contributed by atoms with E-state index in [0.29, 0.717) is 53.4 Å². The Morgan fingerprint density at radius 1 is 1.15 bits per heavy atom. The Labute approximate surface area is 213 Å². The number of rotatable bonds is 9. The Morgan fingerprint density at radius 3 is 2.47 bits per heavy atom. The van der Waals surface area contributed by atoms with Gasteiger partial charge in [-0.2, -0.15) is 5.10 Å². The first-order chi connectivity index (χ1) is 16.3. The normalized spacial score (nSPS) is 15.4. The van der Waals surface area contributed by atoms with Crippen LogP contribution in [0, 0.1) is 0 Å². The van der Waals surface area contributed by atoms with E-state index in [9.17, 15) is 8.42 Å². The van der Waals surface area contributed by atoms with Crippen LogP contribution in [-0.4, -0.2) is 78.0 Å². The highest BCUT2D eigenvalue weighted by atomic mass is 79.9. The average molecular weight is 571 g/mol. The number of aromatic nitrogens is 4. The molecule has 9 nitrogen and oxygen atoms in total. The van der Waals surface area contributed by atoms with Gasteiger partial charge in [-0.3, -0.25) is 9.40 Å². The third kappa shape index (κ3) is 5.32. The van der Waals surface area contributed by atoms with Crippen molar-refractivity contribution in [2.24, 2.45) is 0 Å². The molecule has 0 unspecified atom stereocenters. The third-order valence-corrected chi connectivity index (χ3v) is 8.96. The van der Waals surface area contributed by atoms with E-state index in [2.05, 4.69) is 45.9 Å². The van der Waals surface area contributed by atoms with Gasteiger partial charge in [0.15, 0.2) is 5.65 Å². The lowest BCUT2D eigenvalue weighted by Gasteiger charge is -2.39. The van der Waals surface area contributed by atoms with E-state index in [1.807, 2.05) is 13.8 Å². The van der Waals surface area contributed by atoms with Gasteiger partial charge in [0.05, 0.1) is 16.8 Å². The molecule has 0 aliphatic carbocycles. The molecular formula is C22H29BrClN7O2S. The molecular weight excluding hydrogens is 542 g/mol. The highest BCUT2D eigenvalue weighted by molar-refractivity contribution is 9.10. The van der Waals surface area contributed by atoms with Crippen LogP contribution >= 0.6 is 27.5 Å². The highest BCUT2D eigenvalue weighted by Gasteiger charge is 2.34. The molecule has 0 saturated carbocycles. The van der Waals surface area contributed by atoms with Crippen molar-refractivity contribution in [2.45, 2.75) is 32.7 Å².